The number of hydrogen-bond acceptors (Lipinski definition) is 2. The van der Waals surface area contributed by atoms with Gasteiger partial charge in [-0.1, -0.05) is 19.1 Å². The van der Waals surface area contributed by atoms with Gasteiger partial charge in [0, 0.05) is 17.5 Å². The van der Waals surface area contributed by atoms with Crippen molar-refractivity contribution in [3.05, 3.63) is 29.6 Å². The van der Waals surface area contributed by atoms with Gasteiger partial charge in [0.25, 0.3) is 0 Å². The maximum atomic E-state index is 13.5. The minimum Gasteiger partial charge on any atom is -0.310 e. The third kappa shape index (κ3) is 2.95. The lowest BCUT2D eigenvalue weighted by atomic mass is 10.2. The summed E-state index contributed by atoms with van der Waals surface area (Å²) >= 11 is 1.59. The average molecular weight is 225 g/mol. The number of thioether (sulfide) groups is 1. The van der Waals surface area contributed by atoms with Crippen LogP contribution in [-0.2, 0) is 6.54 Å². The Morgan fingerprint density at radius 2 is 2.27 bits per heavy atom. The molecule has 2 rings (SSSR count). The monoisotopic (exact) mass is 225 g/mol. The van der Waals surface area contributed by atoms with Crippen LogP contribution in [0.4, 0.5) is 4.39 Å². The number of halogens is 1. The Morgan fingerprint density at radius 3 is 2.93 bits per heavy atom. The molecule has 0 aliphatic heterocycles. The topological polar surface area (TPSA) is 12.0 Å². The number of benzene rings is 1. The van der Waals surface area contributed by atoms with Crippen LogP contribution in [0.3, 0.4) is 0 Å². The molecule has 0 radical (unpaired) electrons. The van der Waals surface area contributed by atoms with Crippen LogP contribution in [-0.4, -0.2) is 11.8 Å². The van der Waals surface area contributed by atoms with Crippen molar-refractivity contribution in [1.82, 2.24) is 5.32 Å². The lowest BCUT2D eigenvalue weighted by molar-refractivity contribution is 0.589. The van der Waals surface area contributed by atoms with Crippen molar-refractivity contribution in [2.24, 2.45) is 0 Å². The molecule has 1 aliphatic carbocycles. The fourth-order valence-corrected chi connectivity index (χ4v) is 2.36. The first-order valence-corrected chi connectivity index (χ1v) is 6.43. The van der Waals surface area contributed by atoms with Crippen LogP contribution >= 0.6 is 11.8 Å². The summed E-state index contributed by atoms with van der Waals surface area (Å²) in [6.07, 6.45) is 2.54. The third-order valence-corrected chi connectivity index (χ3v) is 3.53. The molecule has 1 N–H and O–H groups in total. The lowest BCUT2D eigenvalue weighted by Crippen LogP contribution is -2.16. The SMILES string of the molecule is CCSc1c(F)cccc1CNC1CC1. The van der Waals surface area contributed by atoms with E-state index in [0.717, 1.165) is 22.8 Å². The Hall–Kier alpha value is -0.540. The molecular formula is C12H16FNS. The van der Waals surface area contributed by atoms with Crippen molar-refractivity contribution in [2.45, 2.75) is 37.2 Å². The molecule has 15 heavy (non-hydrogen) atoms. The predicted octanol–water partition coefficient (Wildman–Crippen LogP) is 3.19. The second-order valence-electron chi connectivity index (χ2n) is 3.82. The molecule has 0 saturated heterocycles. The second-order valence-corrected chi connectivity index (χ2v) is 5.09. The van der Waals surface area contributed by atoms with E-state index in [4.69, 9.17) is 0 Å². The van der Waals surface area contributed by atoms with Crippen LogP contribution in [0.5, 0.6) is 0 Å². The van der Waals surface area contributed by atoms with Gasteiger partial charge in [0.2, 0.25) is 0 Å². The van der Waals surface area contributed by atoms with Gasteiger partial charge in [-0.2, -0.15) is 0 Å². The maximum Gasteiger partial charge on any atom is 0.137 e. The van der Waals surface area contributed by atoms with Crippen LogP contribution in [0.2, 0.25) is 0 Å². The van der Waals surface area contributed by atoms with Gasteiger partial charge in [0.15, 0.2) is 0 Å². The van der Waals surface area contributed by atoms with Crippen molar-refractivity contribution >= 4 is 11.8 Å². The molecule has 0 spiro atoms. The van der Waals surface area contributed by atoms with E-state index in [1.807, 2.05) is 6.07 Å². The first-order chi connectivity index (χ1) is 7.31. The normalized spacial score (nSPS) is 15.6. The van der Waals surface area contributed by atoms with Crippen LogP contribution < -0.4 is 5.32 Å². The molecule has 1 saturated carbocycles. The van der Waals surface area contributed by atoms with E-state index in [1.165, 1.54) is 12.8 Å². The fourth-order valence-electron chi connectivity index (χ4n) is 1.54. The first kappa shape index (κ1) is 11.0. The molecule has 0 atom stereocenters. The van der Waals surface area contributed by atoms with Crippen molar-refractivity contribution in [1.29, 1.82) is 0 Å². The van der Waals surface area contributed by atoms with Crippen molar-refractivity contribution in [3.8, 4) is 0 Å². The maximum absolute atomic E-state index is 13.5. The average Bonchev–Trinajstić information content (AvgIpc) is 3.03. The highest BCUT2D eigenvalue weighted by atomic mass is 32.2. The van der Waals surface area contributed by atoms with Gasteiger partial charge in [-0.25, -0.2) is 4.39 Å². The zero-order chi connectivity index (χ0) is 10.7. The molecule has 0 bridgehead atoms. The van der Waals surface area contributed by atoms with Crippen LogP contribution in [0.25, 0.3) is 0 Å². The van der Waals surface area contributed by atoms with E-state index in [-0.39, 0.29) is 5.82 Å². The third-order valence-electron chi connectivity index (χ3n) is 2.50. The molecule has 0 unspecified atom stereocenters. The molecule has 0 aromatic heterocycles. The Labute approximate surface area is 94.5 Å². The Kier molecular flexibility index (Phi) is 3.65. The van der Waals surface area contributed by atoms with Gasteiger partial charge in [-0.05, 0) is 30.2 Å². The Bertz CT molecular complexity index is 336. The van der Waals surface area contributed by atoms with E-state index in [2.05, 4.69) is 12.2 Å². The largest absolute Gasteiger partial charge is 0.310 e. The zero-order valence-electron chi connectivity index (χ0n) is 8.92. The van der Waals surface area contributed by atoms with Gasteiger partial charge in [0.05, 0.1) is 0 Å². The van der Waals surface area contributed by atoms with Crippen molar-refractivity contribution in [2.75, 3.05) is 5.75 Å². The van der Waals surface area contributed by atoms with E-state index in [0.29, 0.717) is 6.04 Å². The molecule has 1 aromatic carbocycles. The Balaban J connectivity index is 2.08. The van der Waals surface area contributed by atoms with Gasteiger partial charge in [0.1, 0.15) is 5.82 Å². The quantitative estimate of drug-likeness (QED) is 0.772. The predicted molar refractivity (Wildman–Crippen MR) is 62.7 cm³/mol. The molecule has 82 valence electrons. The van der Waals surface area contributed by atoms with Gasteiger partial charge < -0.3 is 5.32 Å². The summed E-state index contributed by atoms with van der Waals surface area (Å²) in [6.45, 7) is 2.85. The smallest absolute Gasteiger partial charge is 0.137 e. The van der Waals surface area contributed by atoms with Crippen molar-refractivity contribution in [3.63, 3.8) is 0 Å². The highest BCUT2D eigenvalue weighted by molar-refractivity contribution is 7.99. The van der Waals surface area contributed by atoms with E-state index < -0.39 is 0 Å². The molecule has 1 fully saturated rings. The molecule has 1 nitrogen and oxygen atoms in total. The van der Waals surface area contributed by atoms with E-state index >= 15 is 0 Å². The summed E-state index contributed by atoms with van der Waals surface area (Å²) in [4.78, 5) is 0.813. The highest BCUT2D eigenvalue weighted by Gasteiger charge is 2.20. The van der Waals surface area contributed by atoms with E-state index in [9.17, 15) is 4.39 Å². The molecule has 3 heteroatoms. The fraction of sp³-hybridized carbons (Fsp3) is 0.500. The summed E-state index contributed by atoms with van der Waals surface area (Å²) in [7, 11) is 0. The summed E-state index contributed by atoms with van der Waals surface area (Å²) in [6, 6.07) is 6.02. The zero-order valence-corrected chi connectivity index (χ0v) is 9.74. The summed E-state index contributed by atoms with van der Waals surface area (Å²) < 4.78 is 13.5. The molecule has 1 aliphatic rings. The minimum atomic E-state index is -0.0862. The van der Waals surface area contributed by atoms with Gasteiger partial charge in [-0.15, -0.1) is 11.8 Å². The van der Waals surface area contributed by atoms with Crippen LogP contribution in [0.1, 0.15) is 25.3 Å². The van der Waals surface area contributed by atoms with E-state index in [1.54, 1.807) is 23.9 Å². The standard InChI is InChI=1S/C12H16FNS/c1-2-15-12-9(4-3-5-11(12)13)8-14-10-6-7-10/h3-5,10,14H,2,6-8H2,1H3. The number of nitrogens with one attached hydrogen (secondary N) is 1. The molecular weight excluding hydrogens is 209 g/mol. The number of rotatable bonds is 5. The van der Waals surface area contributed by atoms with Gasteiger partial charge >= 0.3 is 0 Å². The lowest BCUT2D eigenvalue weighted by Gasteiger charge is -2.09. The van der Waals surface area contributed by atoms with Crippen LogP contribution in [0.15, 0.2) is 23.1 Å². The summed E-state index contributed by atoms with van der Waals surface area (Å²) in [5.41, 5.74) is 1.09. The Morgan fingerprint density at radius 1 is 1.47 bits per heavy atom. The minimum absolute atomic E-state index is 0.0862. The van der Waals surface area contributed by atoms with Gasteiger partial charge in [-0.3, -0.25) is 0 Å². The molecule has 0 heterocycles. The van der Waals surface area contributed by atoms with Crippen molar-refractivity contribution < 1.29 is 4.39 Å². The highest BCUT2D eigenvalue weighted by Crippen LogP contribution is 2.27. The molecule has 0 amide bonds. The first-order valence-electron chi connectivity index (χ1n) is 5.45. The summed E-state index contributed by atoms with van der Waals surface area (Å²) in [5.74, 6) is 0.828. The number of hydrogen-bond donors (Lipinski definition) is 1. The van der Waals surface area contributed by atoms with Crippen LogP contribution in [0, 0.1) is 5.82 Å². The second kappa shape index (κ2) is 4.99. The summed E-state index contributed by atoms with van der Waals surface area (Å²) in [5, 5.41) is 3.42. The molecule has 1 aromatic rings.